The molecule has 122 valence electrons. The number of benzene rings is 2. The first kappa shape index (κ1) is 17.0. The predicted molar refractivity (Wildman–Crippen MR) is 97.2 cm³/mol. The summed E-state index contributed by atoms with van der Waals surface area (Å²) in [6.07, 6.45) is 0. The number of aryl methyl sites for hydroxylation is 3. The summed E-state index contributed by atoms with van der Waals surface area (Å²) in [5.41, 5.74) is 19.5. The molecule has 0 unspecified atom stereocenters. The van der Waals surface area contributed by atoms with Gasteiger partial charge in [0.15, 0.2) is 5.96 Å². The van der Waals surface area contributed by atoms with Gasteiger partial charge in [0, 0.05) is 0 Å². The molecule has 0 saturated heterocycles. The third kappa shape index (κ3) is 2.48. The number of fused-ring (bicyclic) bond motifs is 1. The van der Waals surface area contributed by atoms with Crippen LogP contribution in [0.15, 0.2) is 4.99 Å². The number of aliphatic imine (C=N–C) groups is 1. The highest BCUT2D eigenvalue weighted by Crippen LogP contribution is 2.37. The lowest BCUT2D eigenvalue weighted by Gasteiger charge is -2.21. The minimum atomic E-state index is -0.374. The highest BCUT2D eigenvalue weighted by molar-refractivity contribution is 6.14. The molecule has 23 heavy (non-hydrogen) atoms. The average Bonchev–Trinajstić information content (AvgIpc) is 2.47. The summed E-state index contributed by atoms with van der Waals surface area (Å²) in [4.78, 5) is 16.5. The van der Waals surface area contributed by atoms with Crippen LogP contribution in [0.3, 0.4) is 0 Å². The van der Waals surface area contributed by atoms with Crippen molar-refractivity contribution in [2.75, 3.05) is 0 Å². The lowest BCUT2D eigenvalue weighted by atomic mass is 9.83. The largest absolute Gasteiger partial charge is 0.370 e. The fraction of sp³-hybridized carbons (Fsp3) is 0.368. The van der Waals surface area contributed by atoms with E-state index in [0.29, 0.717) is 5.56 Å². The number of carbonyl (C=O) groups is 1. The second-order valence-electron chi connectivity index (χ2n) is 6.34. The summed E-state index contributed by atoms with van der Waals surface area (Å²) < 4.78 is 0. The number of carbonyl (C=O) groups excluding carboxylic acids is 1. The maximum absolute atomic E-state index is 12.7. The number of hydrogen-bond acceptors (Lipinski definition) is 1. The third-order valence-corrected chi connectivity index (χ3v) is 5.26. The number of nitrogens with zero attached hydrogens (tertiary/aromatic N) is 1. The first-order chi connectivity index (χ1) is 10.6. The first-order valence-corrected chi connectivity index (χ1v) is 7.73. The average molecular weight is 311 g/mol. The molecule has 4 N–H and O–H groups in total. The van der Waals surface area contributed by atoms with E-state index >= 15 is 0 Å². The van der Waals surface area contributed by atoms with Crippen molar-refractivity contribution < 1.29 is 4.79 Å². The van der Waals surface area contributed by atoms with Crippen molar-refractivity contribution >= 4 is 22.6 Å². The molecule has 0 bridgehead atoms. The normalized spacial score (nSPS) is 10.9. The van der Waals surface area contributed by atoms with Crippen molar-refractivity contribution in [1.82, 2.24) is 0 Å². The molecule has 4 nitrogen and oxygen atoms in total. The van der Waals surface area contributed by atoms with Crippen LogP contribution in [0.25, 0.3) is 10.8 Å². The van der Waals surface area contributed by atoms with Gasteiger partial charge in [-0.2, -0.15) is 4.99 Å². The monoisotopic (exact) mass is 311 g/mol. The van der Waals surface area contributed by atoms with Crippen molar-refractivity contribution in [3.63, 3.8) is 0 Å². The number of hydrogen-bond donors (Lipinski definition) is 2. The lowest BCUT2D eigenvalue weighted by molar-refractivity contribution is 0.100. The maximum atomic E-state index is 12.7. The Hall–Kier alpha value is -2.36. The van der Waals surface area contributed by atoms with Gasteiger partial charge in [0.05, 0.1) is 5.56 Å². The molecule has 0 atom stereocenters. The Morgan fingerprint density at radius 1 is 0.652 bits per heavy atom. The van der Waals surface area contributed by atoms with E-state index < -0.39 is 0 Å². The molecular formula is C19H25N3O. The minimum Gasteiger partial charge on any atom is -0.370 e. The van der Waals surface area contributed by atoms with E-state index in [1.807, 2.05) is 13.8 Å². The van der Waals surface area contributed by atoms with Gasteiger partial charge < -0.3 is 11.5 Å². The van der Waals surface area contributed by atoms with Crippen LogP contribution in [0.2, 0.25) is 0 Å². The molecule has 0 aromatic heterocycles. The van der Waals surface area contributed by atoms with Crippen LogP contribution in [-0.2, 0) is 0 Å². The molecule has 2 aromatic carbocycles. The van der Waals surface area contributed by atoms with Crippen molar-refractivity contribution in [1.29, 1.82) is 0 Å². The standard InChI is InChI=1S/C19H25N3O/c1-8-9(2)13(6)16-15(11(8)4)12(5)10(3)14(7)17(16)18(23)22-19(20)21/h1-7H3,(H4,20,21,22,23). The third-order valence-electron chi connectivity index (χ3n) is 5.26. The molecule has 2 rings (SSSR count). The highest BCUT2D eigenvalue weighted by atomic mass is 16.1. The van der Waals surface area contributed by atoms with E-state index in [1.165, 1.54) is 22.3 Å². The van der Waals surface area contributed by atoms with Crippen LogP contribution in [0.5, 0.6) is 0 Å². The van der Waals surface area contributed by atoms with Crippen molar-refractivity contribution in [3.8, 4) is 0 Å². The Balaban J connectivity index is 3.15. The van der Waals surface area contributed by atoms with Crippen LogP contribution >= 0.6 is 0 Å². The van der Waals surface area contributed by atoms with Gasteiger partial charge in [-0.25, -0.2) is 0 Å². The molecule has 0 aliphatic carbocycles. The first-order valence-electron chi connectivity index (χ1n) is 7.73. The summed E-state index contributed by atoms with van der Waals surface area (Å²) in [7, 11) is 0. The molecule has 2 aromatic rings. The van der Waals surface area contributed by atoms with E-state index in [2.05, 4.69) is 39.6 Å². The molecule has 0 saturated carbocycles. The van der Waals surface area contributed by atoms with Gasteiger partial charge in [-0.15, -0.1) is 0 Å². The quantitative estimate of drug-likeness (QED) is 0.625. The lowest BCUT2D eigenvalue weighted by Crippen LogP contribution is -2.24. The van der Waals surface area contributed by atoms with Crippen LogP contribution in [0, 0.1) is 48.5 Å². The van der Waals surface area contributed by atoms with Crippen molar-refractivity contribution in [2.45, 2.75) is 48.5 Å². The van der Waals surface area contributed by atoms with E-state index in [-0.39, 0.29) is 11.9 Å². The molecule has 1 amide bonds. The second-order valence-corrected chi connectivity index (χ2v) is 6.34. The Kier molecular flexibility index (Phi) is 4.20. The molecule has 0 heterocycles. The molecule has 0 aliphatic heterocycles. The number of rotatable bonds is 1. The molecular weight excluding hydrogens is 286 g/mol. The second kappa shape index (κ2) is 5.69. The van der Waals surface area contributed by atoms with Crippen LogP contribution < -0.4 is 11.5 Å². The van der Waals surface area contributed by atoms with Crippen molar-refractivity contribution in [2.24, 2.45) is 16.5 Å². The van der Waals surface area contributed by atoms with Gasteiger partial charge in [-0.1, -0.05) is 0 Å². The number of nitrogens with two attached hydrogens (primary N) is 2. The Morgan fingerprint density at radius 2 is 1.04 bits per heavy atom. The molecule has 0 fully saturated rings. The molecule has 0 spiro atoms. The fourth-order valence-electron chi connectivity index (χ4n) is 3.38. The number of guanidine groups is 1. The Labute approximate surface area is 137 Å². The Morgan fingerprint density at radius 3 is 1.48 bits per heavy atom. The Bertz CT molecular complexity index is 865. The maximum Gasteiger partial charge on any atom is 0.281 e. The minimum absolute atomic E-state index is 0.209. The zero-order valence-electron chi connectivity index (χ0n) is 15.0. The van der Waals surface area contributed by atoms with Gasteiger partial charge in [-0.05, 0) is 98.2 Å². The summed E-state index contributed by atoms with van der Waals surface area (Å²) in [5.74, 6) is -0.583. The summed E-state index contributed by atoms with van der Waals surface area (Å²) in [6, 6.07) is 0. The topological polar surface area (TPSA) is 81.5 Å². The summed E-state index contributed by atoms with van der Waals surface area (Å²) >= 11 is 0. The van der Waals surface area contributed by atoms with E-state index in [4.69, 9.17) is 11.5 Å². The molecule has 4 heteroatoms. The van der Waals surface area contributed by atoms with Gasteiger partial charge in [0.1, 0.15) is 0 Å². The van der Waals surface area contributed by atoms with E-state index in [1.54, 1.807) is 0 Å². The SMILES string of the molecule is Cc1c(C)c(C)c2c(C(=O)N=C(N)N)c(C)c(C)c(C)c2c1C. The van der Waals surface area contributed by atoms with Gasteiger partial charge >= 0.3 is 0 Å². The van der Waals surface area contributed by atoms with Crippen LogP contribution in [0.4, 0.5) is 0 Å². The smallest absolute Gasteiger partial charge is 0.281 e. The fourth-order valence-corrected chi connectivity index (χ4v) is 3.38. The number of amides is 1. The summed E-state index contributed by atoms with van der Waals surface area (Å²) in [5, 5.41) is 2.11. The zero-order valence-corrected chi connectivity index (χ0v) is 15.0. The van der Waals surface area contributed by atoms with Crippen molar-refractivity contribution in [3.05, 3.63) is 44.5 Å². The summed E-state index contributed by atoms with van der Waals surface area (Å²) in [6.45, 7) is 14.5. The van der Waals surface area contributed by atoms with Gasteiger partial charge in [-0.3, -0.25) is 4.79 Å². The van der Waals surface area contributed by atoms with Gasteiger partial charge in [0.2, 0.25) is 0 Å². The van der Waals surface area contributed by atoms with Crippen LogP contribution in [0.1, 0.15) is 49.3 Å². The molecule has 0 aliphatic rings. The van der Waals surface area contributed by atoms with E-state index in [0.717, 1.165) is 27.5 Å². The highest BCUT2D eigenvalue weighted by Gasteiger charge is 2.22. The predicted octanol–water partition coefficient (Wildman–Crippen LogP) is 3.41. The van der Waals surface area contributed by atoms with Gasteiger partial charge in [0.25, 0.3) is 5.91 Å². The van der Waals surface area contributed by atoms with E-state index in [9.17, 15) is 4.79 Å². The zero-order chi connectivity index (χ0) is 17.6. The molecule has 0 radical (unpaired) electrons. The van der Waals surface area contributed by atoms with Crippen LogP contribution in [-0.4, -0.2) is 11.9 Å².